The molecule has 24 heavy (non-hydrogen) atoms. The molecule has 0 bridgehead atoms. The van der Waals surface area contributed by atoms with Crippen LogP contribution in [0.4, 0.5) is 5.82 Å². The average Bonchev–Trinajstić information content (AvgIpc) is 3.14. The van der Waals surface area contributed by atoms with Crippen LogP contribution >= 0.6 is 0 Å². The van der Waals surface area contributed by atoms with Gasteiger partial charge in [0, 0.05) is 38.1 Å². The fourth-order valence-corrected chi connectivity index (χ4v) is 3.26. The van der Waals surface area contributed by atoms with Crippen molar-refractivity contribution in [2.75, 3.05) is 18.0 Å². The minimum absolute atomic E-state index is 0.282. The van der Waals surface area contributed by atoms with E-state index in [1.165, 1.54) is 18.4 Å². The van der Waals surface area contributed by atoms with Crippen molar-refractivity contribution in [3.05, 3.63) is 54.0 Å². The maximum atomic E-state index is 4.64. The van der Waals surface area contributed by atoms with E-state index in [9.17, 15) is 0 Å². The Morgan fingerprint density at radius 3 is 2.54 bits per heavy atom. The normalized spacial score (nSPS) is 15.9. The van der Waals surface area contributed by atoms with Gasteiger partial charge in [-0.05, 0) is 48.9 Å². The molecule has 128 valence electrons. The molecule has 1 aliphatic heterocycles. The lowest BCUT2D eigenvalue weighted by atomic mass is 10.0. The fraction of sp³-hybridized carbons (Fsp3) is 0.500. The molecular weight excluding hydrogens is 296 g/mol. The summed E-state index contributed by atoms with van der Waals surface area (Å²) in [6.45, 7) is 7.61. The van der Waals surface area contributed by atoms with Gasteiger partial charge in [-0.25, -0.2) is 4.98 Å². The van der Waals surface area contributed by atoms with Crippen LogP contribution in [0, 0.1) is 5.92 Å². The van der Waals surface area contributed by atoms with Crippen LogP contribution in [0.1, 0.15) is 50.4 Å². The quantitative estimate of drug-likeness (QED) is 0.837. The number of hydrogen-bond acceptors (Lipinski definition) is 4. The molecule has 3 heterocycles. The molecule has 0 unspecified atom stereocenters. The fourth-order valence-electron chi connectivity index (χ4n) is 3.26. The molecular formula is C20H28N4. The minimum atomic E-state index is 0.282. The van der Waals surface area contributed by atoms with Crippen LogP contribution in [0.3, 0.4) is 0 Å². The summed E-state index contributed by atoms with van der Waals surface area (Å²) in [5.41, 5.74) is 2.34. The summed E-state index contributed by atoms with van der Waals surface area (Å²) < 4.78 is 0. The zero-order valence-corrected chi connectivity index (χ0v) is 14.8. The van der Waals surface area contributed by atoms with E-state index in [1.54, 1.807) is 0 Å². The topological polar surface area (TPSA) is 41.0 Å². The second kappa shape index (κ2) is 8.25. The average molecular weight is 324 g/mol. The molecule has 4 nitrogen and oxygen atoms in total. The highest BCUT2D eigenvalue weighted by molar-refractivity contribution is 5.40. The molecule has 2 aromatic rings. The van der Waals surface area contributed by atoms with Crippen LogP contribution in [0.2, 0.25) is 0 Å². The Bertz CT molecular complexity index is 603. The molecule has 1 fully saturated rings. The first-order valence-electron chi connectivity index (χ1n) is 9.06. The molecule has 0 aromatic carbocycles. The van der Waals surface area contributed by atoms with Crippen molar-refractivity contribution < 1.29 is 0 Å². The molecule has 0 radical (unpaired) electrons. The Labute approximate surface area is 145 Å². The highest BCUT2D eigenvalue weighted by Gasteiger charge is 2.15. The maximum absolute atomic E-state index is 4.64. The van der Waals surface area contributed by atoms with E-state index >= 15 is 0 Å². The molecule has 2 aromatic heterocycles. The molecule has 1 atom stereocenters. The molecule has 1 aliphatic rings. The standard InChI is InChI=1S/C20H28N4/c1-16(2)13-19(18-7-3-4-10-21-18)22-14-17-8-9-20(23-15-17)24-11-5-6-12-24/h3-4,7-10,15-16,19,22H,5-6,11-14H2,1-2H3/t19-/m1/s1. The van der Waals surface area contributed by atoms with Gasteiger partial charge in [0.05, 0.1) is 5.69 Å². The van der Waals surface area contributed by atoms with E-state index in [1.807, 2.05) is 18.5 Å². The molecule has 0 spiro atoms. The van der Waals surface area contributed by atoms with Crippen molar-refractivity contribution in [3.63, 3.8) is 0 Å². The molecule has 1 N–H and O–H groups in total. The van der Waals surface area contributed by atoms with Crippen LogP contribution in [0.25, 0.3) is 0 Å². The number of nitrogens with zero attached hydrogens (tertiary/aromatic N) is 3. The number of rotatable bonds is 7. The highest BCUT2D eigenvalue weighted by atomic mass is 15.2. The summed E-state index contributed by atoms with van der Waals surface area (Å²) in [7, 11) is 0. The third kappa shape index (κ3) is 4.54. The summed E-state index contributed by atoms with van der Waals surface area (Å²) >= 11 is 0. The van der Waals surface area contributed by atoms with Gasteiger partial charge in [0.2, 0.25) is 0 Å². The second-order valence-electron chi connectivity index (χ2n) is 7.04. The van der Waals surface area contributed by atoms with Gasteiger partial charge in [0.15, 0.2) is 0 Å². The molecule has 0 aliphatic carbocycles. The summed E-state index contributed by atoms with van der Waals surface area (Å²) in [6, 6.07) is 10.8. The molecule has 3 rings (SSSR count). The Balaban J connectivity index is 1.61. The number of pyridine rings is 2. The van der Waals surface area contributed by atoms with Crippen LogP contribution in [-0.4, -0.2) is 23.1 Å². The van der Waals surface area contributed by atoms with Gasteiger partial charge in [0.1, 0.15) is 5.82 Å². The van der Waals surface area contributed by atoms with Crippen LogP contribution in [0.15, 0.2) is 42.7 Å². The lowest BCUT2D eigenvalue weighted by Gasteiger charge is -2.21. The van der Waals surface area contributed by atoms with Gasteiger partial charge in [-0.1, -0.05) is 26.0 Å². The zero-order chi connectivity index (χ0) is 16.8. The van der Waals surface area contributed by atoms with Crippen molar-refractivity contribution in [1.29, 1.82) is 0 Å². The second-order valence-corrected chi connectivity index (χ2v) is 7.04. The van der Waals surface area contributed by atoms with Crippen molar-refractivity contribution in [3.8, 4) is 0 Å². The first kappa shape index (κ1) is 16.9. The molecule has 0 saturated carbocycles. The maximum Gasteiger partial charge on any atom is 0.128 e. The number of anilines is 1. The van der Waals surface area contributed by atoms with E-state index < -0.39 is 0 Å². The monoisotopic (exact) mass is 324 g/mol. The van der Waals surface area contributed by atoms with Crippen LogP contribution in [0.5, 0.6) is 0 Å². The zero-order valence-electron chi connectivity index (χ0n) is 14.8. The first-order valence-corrected chi connectivity index (χ1v) is 9.06. The van der Waals surface area contributed by atoms with Gasteiger partial charge in [-0.2, -0.15) is 0 Å². The van der Waals surface area contributed by atoms with E-state index in [2.05, 4.69) is 58.3 Å². The summed E-state index contributed by atoms with van der Waals surface area (Å²) in [5, 5.41) is 3.66. The van der Waals surface area contributed by atoms with Gasteiger partial charge < -0.3 is 10.2 Å². The van der Waals surface area contributed by atoms with Crippen molar-refractivity contribution in [2.24, 2.45) is 5.92 Å². The largest absolute Gasteiger partial charge is 0.357 e. The first-order chi connectivity index (χ1) is 11.7. The third-order valence-electron chi connectivity index (χ3n) is 4.54. The van der Waals surface area contributed by atoms with E-state index in [-0.39, 0.29) is 6.04 Å². The Morgan fingerprint density at radius 1 is 1.08 bits per heavy atom. The van der Waals surface area contributed by atoms with Gasteiger partial charge in [-0.3, -0.25) is 4.98 Å². The predicted molar refractivity (Wildman–Crippen MR) is 99.0 cm³/mol. The van der Waals surface area contributed by atoms with Crippen LogP contribution < -0.4 is 10.2 Å². The SMILES string of the molecule is CC(C)C[C@@H](NCc1ccc(N2CCCC2)nc1)c1ccccn1. The van der Waals surface area contributed by atoms with E-state index in [0.717, 1.165) is 37.6 Å². The van der Waals surface area contributed by atoms with Crippen molar-refractivity contribution in [2.45, 2.75) is 45.7 Å². The lowest BCUT2D eigenvalue weighted by molar-refractivity contribution is 0.421. The minimum Gasteiger partial charge on any atom is -0.357 e. The number of aromatic nitrogens is 2. The Morgan fingerprint density at radius 2 is 1.92 bits per heavy atom. The molecule has 1 saturated heterocycles. The summed E-state index contributed by atoms with van der Waals surface area (Å²) in [6.07, 6.45) is 7.52. The van der Waals surface area contributed by atoms with Gasteiger partial charge in [-0.15, -0.1) is 0 Å². The van der Waals surface area contributed by atoms with E-state index in [0.29, 0.717) is 5.92 Å². The third-order valence-corrected chi connectivity index (χ3v) is 4.54. The summed E-state index contributed by atoms with van der Waals surface area (Å²) in [5.74, 6) is 1.74. The number of hydrogen-bond donors (Lipinski definition) is 1. The molecule has 0 amide bonds. The van der Waals surface area contributed by atoms with Crippen molar-refractivity contribution >= 4 is 5.82 Å². The molecule has 4 heteroatoms. The highest BCUT2D eigenvalue weighted by Crippen LogP contribution is 2.21. The van der Waals surface area contributed by atoms with Gasteiger partial charge >= 0.3 is 0 Å². The Hall–Kier alpha value is -1.94. The number of nitrogens with one attached hydrogen (secondary N) is 1. The van der Waals surface area contributed by atoms with Crippen molar-refractivity contribution in [1.82, 2.24) is 15.3 Å². The van der Waals surface area contributed by atoms with Gasteiger partial charge in [0.25, 0.3) is 0 Å². The predicted octanol–water partition coefficient (Wildman–Crippen LogP) is 3.95. The smallest absolute Gasteiger partial charge is 0.128 e. The summed E-state index contributed by atoms with van der Waals surface area (Å²) in [4.78, 5) is 11.5. The lowest BCUT2D eigenvalue weighted by Crippen LogP contribution is -2.23. The van der Waals surface area contributed by atoms with Crippen LogP contribution in [-0.2, 0) is 6.54 Å². The Kier molecular flexibility index (Phi) is 5.81. The van der Waals surface area contributed by atoms with E-state index in [4.69, 9.17) is 0 Å².